The Morgan fingerprint density at radius 2 is 1.93 bits per heavy atom. The predicted octanol–water partition coefficient (Wildman–Crippen LogP) is 1.83. The SMILES string of the molecule is COC(=O)c1ccc(NC(=O)Cn2cnc3nc(N4CCSCC4)sc3c2=O)cc1. The Morgan fingerprint density at radius 1 is 1.20 bits per heavy atom. The summed E-state index contributed by atoms with van der Waals surface area (Å²) in [4.78, 5) is 47.6. The lowest BCUT2D eigenvalue weighted by Gasteiger charge is -2.25. The van der Waals surface area contributed by atoms with Crippen LogP contribution in [0.5, 0.6) is 0 Å². The largest absolute Gasteiger partial charge is 0.465 e. The molecule has 1 amide bonds. The minimum Gasteiger partial charge on any atom is -0.465 e. The summed E-state index contributed by atoms with van der Waals surface area (Å²) in [5.41, 5.74) is 1.02. The van der Waals surface area contributed by atoms with Crippen LogP contribution < -0.4 is 15.8 Å². The molecule has 4 rings (SSSR count). The van der Waals surface area contributed by atoms with Crippen LogP contribution in [0.25, 0.3) is 10.3 Å². The number of rotatable bonds is 5. The van der Waals surface area contributed by atoms with Crippen LogP contribution in [0.3, 0.4) is 0 Å². The van der Waals surface area contributed by atoms with Gasteiger partial charge in [0.25, 0.3) is 5.56 Å². The van der Waals surface area contributed by atoms with Crippen molar-refractivity contribution in [1.82, 2.24) is 14.5 Å². The maximum Gasteiger partial charge on any atom is 0.337 e. The second kappa shape index (κ2) is 8.84. The molecule has 1 aliphatic rings. The van der Waals surface area contributed by atoms with Gasteiger partial charge in [-0.1, -0.05) is 11.3 Å². The number of nitrogens with one attached hydrogen (secondary N) is 1. The third-order valence-electron chi connectivity index (χ3n) is 4.56. The fraction of sp³-hybridized carbons (Fsp3) is 0.316. The predicted molar refractivity (Wildman–Crippen MR) is 118 cm³/mol. The van der Waals surface area contributed by atoms with Crippen molar-refractivity contribution in [2.24, 2.45) is 0 Å². The van der Waals surface area contributed by atoms with Crippen molar-refractivity contribution >= 4 is 56.1 Å². The first-order valence-electron chi connectivity index (χ1n) is 9.22. The number of hydrogen-bond acceptors (Lipinski definition) is 9. The van der Waals surface area contributed by atoms with E-state index in [1.54, 1.807) is 24.3 Å². The van der Waals surface area contributed by atoms with Crippen LogP contribution in [-0.2, 0) is 16.1 Å². The number of fused-ring (bicyclic) bond motifs is 1. The van der Waals surface area contributed by atoms with Gasteiger partial charge in [0.15, 0.2) is 10.8 Å². The van der Waals surface area contributed by atoms with Crippen LogP contribution in [-0.4, -0.2) is 58.1 Å². The summed E-state index contributed by atoms with van der Waals surface area (Å²) in [6, 6.07) is 6.31. The van der Waals surface area contributed by atoms with Gasteiger partial charge in [-0.15, -0.1) is 0 Å². The van der Waals surface area contributed by atoms with Gasteiger partial charge in [-0.25, -0.2) is 9.78 Å². The zero-order valence-corrected chi connectivity index (χ0v) is 17.8. The van der Waals surface area contributed by atoms with Gasteiger partial charge < -0.3 is 15.0 Å². The molecule has 3 aromatic rings. The minimum absolute atomic E-state index is 0.173. The van der Waals surface area contributed by atoms with Crippen molar-refractivity contribution in [1.29, 1.82) is 0 Å². The standard InChI is InChI=1S/C19H19N5O4S2/c1-28-18(27)12-2-4-13(5-3-12)21-14(25)10-24-11-20-16-15(17(24)26)30-19(22-16)23-6-8-29-9-7-23/h2-5,11H,6-10H2,1H3,(H,21,25). The molecule has 1 saturated heterocycles. The lowest BCUT2D eigenvalue weighted by molar-refractivity contribution is -0.116. The number of thioether (sulfide) groups is 1. The number of esters is 1. The van der Waals surface area contributed by atoms with Gasteiger partial charge in [0, 0.05) is 30.3 Å². The third-order valence-corrected chi connectivity index (χ3v) is 6.59. The first-order valence-corrected chi connectivity index (χ1v) is 11.2. The van der Waals surface area contributed by atoms with Crippen molar-refractivity contribution in [2.75, 3.05) is 41.9 Å². The van der Waals surface area contributed by atoms with E-state index in [1.165, 1.54) is 29.3 Å². The van der Waals surface area contributed by atoms with Crippen molar-refractivity contribution < 1.29 is 14.3 Å². The number of carbonyl (C=O) groups excluding carboxylic acids is 2. The molecule has 2 aromatic heterocycles. The van der Waals surface area contributed by atoms with Crippen LogP contribution in [0.4, 0.5) is 10.8 Å². The molecule has 0 bridgehead atoms. The molecule has 3 heterocycles. The monoisotopic (exact) mass is 445 g/mol. The number of aromatic nitrogens is 3. The highest BCUT2D eigenvalue weighted by atomic mass is 32.2. The number of amides is 1. The van der Waals surface area contributed by atoms with Gasteiger partial charge in [0.1, 0.15) is 17.6 Å². The molecule has 0 atom stereocenters. The summed E-state index contributed by atoms with van der Waals surface area (Å²) in [5, 5.41) is 3.50. The maximum absolute atomic E-state index is 12.8. The summed E-state index contributed by atoms with van der Waals surface area (Å²) in [6.45, 7) is 1.62. The zero-order valence-electron chi connectivity index (χ0n) is 16.2. The molecule has 0 radical (unpaired) electrons. The second-order valence-electron chi connectivity index (χ2n) is 6.54. The van der Waals surface area contributed by atoms with E-state index in [1.807, 2.05) is 11.8 Å². The van der Waals surface area contributed by atoms with E-state index in [-0.39, 0.29) is 18.0 Å². The number of ether oxygens (including phenoxy) is 1. The molecule has 1 N–H and O–H groups in total. The average molecular weight is 446 g/mol. The number of anilines is 2. The number of nitrogens with zero attached hydrogens (tertiary/aromatic N) is 4. The van der Waals surface area contributed by atoms with Crippen LogP contribution in [0, 0.1) is 0 Å². The van der Waals surface area contributed by atoms with Crippen molar-refractivity contribution in [3.8, 4) is 0 Å². The lowest BCUT2D eigenvalue weighted by Crippen LogP contribution is -2.32. The highest BCUT2D eigenvalue weighted by molar-refractivity contribution is 7.99. The topological polar surface area (TPSA) is 106 Å². The smallest absolute Gasteiger partial charge is 0.337 e. The van der Waals surface area contributed by atoms with E-state index in [0.29, 0.717) is 21.6 Å². The summed E-state index contributed by atoms with van der Waals surface area (Å²) in [6.07, 6.45) is 1.35. The van der Waals surface area contributed by atoms with Crippen molar-refractivity contribution in [3.05, 3.63) is 46.5 Å². The lowest BCUT2D eigenvalue weighted by atomic mass is 10.2. The second-order valence-corrected chi connectivity index (χ2v) is 8.75. The highest BCUT2D eigenvalue weighted by Crippen LogP contribution is 2.27. The summed E-state index contributed by atoms with van der Waals surface area (Å²) < 4.78 is 6.36. The molecular formula is C19H19N5O4S2. The molecular weight excluding hydrogens is 426 g/mol. The van der Waals surface area contributed by atoms with Gasteiger partial charge in [-0.05, 0) is 24.3 Å². The van der Waals surface area contributed by atoms with Crippen LogP contribution >= 0.6 is 23.1 Å². The van der Waals surface area contributed by atoms with Gasteiger partial charge in [-0.2, -0.15) is 16.7 Å². The highest BCUT2D eigenvalue weighted by Gasteiger charge is 2.18. The Bertz CT molecular complexity index is 1140. The van der Waals surface area contributed by atoms with Crippen LogP contribution in [0.15, 0.2) is 35.4 Å². The summed E-state index contributed by atoms with van der Waals surface area (Å²) in [7, 11) is 1.30. The Kier molecular flexibility index (Phi) is 6.00. The number of methoxy groups -OCH3 is 1. The van der Waals surface area contributed by atoms with E-state index < -0.39 is 5.97 Å². The van der Waals surface area contributed by atoms with Gasteiger partial charge >= 0.3 is 5.97 Å². The quantitative estimate of drug-likeness (QED) is 0.593. The molecule has 9 nitrogen and oxygen atoms in total. The molecule has 0 unspecified atom stereocenters. The maximum atomic E-state index is 12.8. The van der Waals surface area contributed by atoms with Crippen molar-refractivity contribution in [2.45, 2.75) is 6.54 Å². The van der Waals surface area contributed by atoms with E-state index in [2.05, 4.69) is 24.9 Å². The van der Waals surface area contributed by atoms with E-state index in [9.17, 15) is 14.4 Å². The molecule has 0 spiro atoms. The Morgan fingerprint density at radius 3 is 2.63 bits per heavy atom. The molecule has 11 heteroatoms. The normalized spacial score (nSPS) is 14.0. The van der Waals surface area contributed by atoms with Gasteiger partial charge in [0.05, 0.1) is 12.7 Å². The first kappa shape index (κ1) is 20.4. The van der Waals surface area contributed by atoms with Crippen molar-refractivity contribution in [3.63, 3.8) is 0 Å². The molecule has 1 aromatic carbocycles. The van der Waals surface area contributed by atoms with Gasteiger partial charge in [-0.3, -0.25) is 14.2 Å². The van der Waals surface area contributed by atoms with E-state index >= 15 is 0 Å². The Labute approximate surface area is 180 Å². The average Bonchev–Trinajstić information content (AvgIpc) is 3.21. The molecule has 0 saturated carbocycles. The molecule has 1 aliphatic heterocycles. The van der Waals surface area contributed by atoms with E-state index in [0.717, 1.165) is 29.7 Å². The summed E-state index contributed by atoms with van der Waals surface area (Å²) in [5.74, 6) is 1.25. The number of carbonyl (C=O) groups is 2. The number of benzene rings is 1. The Hall–Kier alpha value is -2.92. The van der Waals surface area contributed by atoms with Gasteiger partial charge in [0.2, 0.25) is 5.91 Å². The van der Waals surface area contributed by atoms with E-state index in [4.69, 9.17) is 0 Å². The minimum atomic E-state index is -0.453. The fourth-order valence-electron chi connectivity index (χ4n) is 3.00. The number of hydrogen-bond donors (Lipinski definition) is 1. The summed E-state index contributed by atoms with van der Waals surface area (Å²) >= 11 is 3.22. The fourth-order valence-corrected chi connectivity index (χ4v) is 4.92. The van der Waals surface area contributed by atoms with Crippen LogP contribution in [0.2, 0.25) is 0 Å². The molecule has 156 valence electrons. The molecule has 0 aliphatic carbocycles. The number of thiazole rings is 1. The first-order chi connectivity index (χ1) is 14.5. The Balaban J connectivity index is 1.47. The van der Waals surface area contributed by atoms with Crippen LogP contribution in [0.1, 0.15) is 10.4 Å². The zero-order chi connectivity index (χ0) is 21.1. The molecule has 1 fully saturated rings. The third kappa shape index (κ3) is 4.31. The molecule has 30 heavy (non-hydrogen) atoms.